The Morgan fingerprint density at radius 2 is 2.19 bits per heavy atom. The first kappa shape index (κ1) is 20.7. The maximum Gasteiger partial charge on any atom is 0.258 e. The largest absolute Gasteiger partial charge is 0.398 e. The summed E-state index contributed by atoms with van der Waals surface area (Å²) in [5, 5.41) is 8.12. The number of nitrogen functional groups attached to an aromatic ring is 1. The van der Waals surface area contributed by atoms with Gasteiger partial charge in [-0.15, -0.1) is 0 Å². The van der Waals surface area contributed by atoms with Gasteiger partial charge in [-0.2, -0.15) is 5.10 Å². The van der Waals surface area contributed by atoms with Crippen molar-refractivity contribution < 1.29 is 9.18 Å². The van der Waals surface area contributed by atoms with Gasteiger partial charge in [0.2, 0.25) is 0 Å². The lowest BCUT2D eigenvalue weighted by atomic mass is 9.80. The topological polar surface area (TPSA) is 102 Å². The molecule has 32 heavy (non-hydrogen) atoms. The van der Waals surface area contributed by atoms with E-state index in [2.05, 4.69) is 20.4 Å². The van der Waals surface area contributed by atoms with E-state index < -0.39 is 11.7 Å². The van der Waals surface area contributed by atoms with Crippen LogP contribution in [0, 0.1) is 5.82 Å². The molecule has 3 heterocycles. The first-order valence-corrected chi connectivity index (χ1v) is 10.8. The summed E-state index contributed by atoms with van der Waals surface area (Å²) in [6.45, 7) is 0.707. The first-order valence-electron chi connectivity index (χ1n) is 10.4. The summed E-state index contributed by atoms with van der Waals surface area (Å²) in [4.78, 5) is 22.4. The number of carbonyl (C=O) groups is 1. The molecule has 1 aromatic carbocycles. The number of carbonyl (C=O) groups excluding carboxylic acids is 1. The van der Waals surface area contributed by atoms with Crippen LogP contribution in [-0.2, 0) is 5.41 Å². The summed E-state index contributed by atoms with van der Waals surface area (Å²) in [5.74, 6) is -0.477. The summed E-state index contributed by atoms with van der Waals surface area (Å²) < 4.78 is 17.4. The lowest BCUT2D eigenvalue weighted by Crippen LogP contribution is -2.26. The third-order valence-corrected chi connectivity index (χ3v) is 7.01. The van der Waals surface area contributed by atoms with Crippen molar-refractivity contribution >= 4 is 29.0 Å². The number of benzene rings is 1. The molecule has 166 valence electrons. The van der Waals surface area contributed by atoms with Crippen LogP contribution >= 0.6 is 11.6 Å². The van der Waals surface area contributed by atoms with Crippen LogP contribution in [0.25, 0.3) is 11.1 Å². The van der Waals surface area contributed by atoms with E-state index in [0.29, 0.717) is 17.1 Å². The molecule has 3 N–H and O–H groups in total. The average Bonchev–Trinajstić information content (AvgIpc) is 3.50. The van der Waals surface area contributed by atoms with Gasteiger partial charge < -0.3 is 16.0 Å². The normalized spacial score (nSPS) is 21.6. The van der Waals surface area contributed by atoms with Crippen molar-refractivity contribution in [1.29, 1.82) is 0 Å². The molecule has 3 aromatic rings. The van der Waals surface area contributed by atoms with Gasteiger partial charge in [-0.25, -0.2) is 19.0 Å². The highest BCUT2D eigenvalue weighted by Gasteiger charge is 2.48. The van der Waals surface area contributed by atoms with Crippen molar-refractivity contribution in [2.45, 2.75) is 30.7 Å². The Morgan fingerprint density at radius 1 is 1.38 bits per heavy atom. The molecule has 0 saturated heterocycles. The lowest BCUT2D eigenvalue weighted by Gasteiger charge is -2.25. The predicted octanol–water partition coefficient (Wildman–Crippen LogP) is 3.51. The smallest absolute Gasteiger partial charge is 0.258 e. The van der Waals surface area contributed by atoms with Crippen LogP contribution in [-0.4, -0.2) is 51.2 Å². The van der Waals surface area contributed by atoms with Crippen LogP contribution in [0.4, 0.5) is 15.9 Å². The second kappa shape index (κ2) is 7.44. The third kappa shape index (κ3) is 3.02. The molecule has 1 fully saturated rings. The Hall–Kier alpha value is -3.20. The highest BCUT2D eigenvalue weighted by Crippen LogP contribution is 2.54. The SMILES string of the molecule is CN(C)C(=O)c1c(N)ccc(-c2cnc3c(c2Cl)[C@]2(CC[C@@H](n4cncn4)C2)CN3)c1F. The van der Waals surface area contributed by atoms with Crippen molar-refractivity contribution in [3.63, 3.8) is 0 Å². The fourth-order valence-corrected chi connectivity index (χ4v) is 5.43. The molecule has 1 aliphatic heterocycles. The summed E-state index contributed by atoms with van der Waals surface area (Å²) in [5.41, 5.74) is 7.18. The Balaban J connectivity index is 1.60. The van der Waals surface area contributed by atoms with E-state index in [1.54, 1.807) is 32.7 Å². The number of aromatic nitrogens is 4. The van der Waals surface area contributed by atoms with Crippen LogP contribution in [0.1, 0.15) is 41.2 Å². The minimum atomic E-state index is -0.695. The number of nitrogens with two attached hydrogens (primary N) is 1. The minimum absolute atomic E-state index is 0.0831. The number of halogens is 2. The van der Waals surface area contributed by atoms with E-state index in [9.17, 15) is 4.79 Å². The van der Waals surface area contributed by atoms with Crippen LogP contribution < -0.4 is 11.1 Å². The Kier molecular flexibility index (Phi) is 4.81. The predicted molar refractivity (Wildman–Crippen MR) is 120 cm³/mol. The highest BCUT2D eigenvalue weighted by molar-refractivity contribution is 6.34. The van der Waals surface area contributed by atoms with Gasteiger partial charge >= 0.3 is 0 Å². The van der Waals surface area contributed by atoms with Gasteiger partial charge in [0, 0.05) is 54.6 Å². The maximum absolute atomic E-state index is 15.5. The average molecular weight is 456 g/mol. The number of amides is 1. The quantitative estimate of drug-likeness (QED) is 0.586. The Bertz CT molecular complexity index is 1210. The number of fused-ring (bicyclic) bond motifs is 2. The van der Waals surface area contributed by atoms with Crippen molar-refractivity contribution in [1.82, 2.24) is 24.6 Å². The molecule has 2 aromatic heterocycles. The number of nitrogens with zero attached hydrogens (tertiary/aromatic N) is 5. The second-order valence-electron chi connectivity index (χ2n) is 8.71. The molecule has 1 amide bonds. The first-order chi connectivity index (χ1) is 15.3. The van der Waals surface area contributed by atoms with Crippen molar-refractivity contribution in [3.8, 4) is 11.1 Å². The van der Waals surface area contributed by atoms with E-state index >= 15 is 4.39 Å². The van der Waals surface area contributed by atoms with Gasteiger partial charge in [-0.3, -0.25) is 4.79 Å². The molecule has 2 aliphatic rings. The second-order valence-corrected chi connectivity index (χ2v) is 9.08. The molecular formula is C22H23ClFN7O. The standard InChI is InChI=1S/C22H23ClFN7O/c1-30(2)21(32)16-15(25)4-3-13(19(16)24)14-8-27-20-17(18(14)23)22(9-28-20)6-5-12(7-22)31-11-26-10-29-31/h3-4,8,10-12H,5-7,9,25H2,1-2H3,(H,27,28)/t12-,22+/m1/s1. The molecule has 1 spiro atoms. The number of rotatable bonds is 3. The molecule has 2 atom stereocenters. The van der Waals surface area contributed by atoms with Crippen molar-refractivity contribution in [3.05, 3.63) is 53.0 Å². The third-order valence-electron chi connectivity index (χ3n) is 6.62. The highest BCUT2D eigenvalue weighted by atomic mass is 35.5. The van der Waals surface area contributed by atoms with E-state index in [1.807, 2.05) is 4.68 Å². The lowest BCUT2D eigenvalue weighted by molar-refractivity contribution is 0.0824. The van der Waals surface area contributed by atoms with Crippen molar-refractivity contribution in [2.75, 3.05) is 31.7 Å². The summed E-state index contributed by atoms with van der Waals surface area (Å²) >= 11 is 6.93. The van der Waals surface area contributed by atoms with Gasteiger partial charge in [-0.05, 0) is 31.4 Å². The van der Waals surface area contributed by atoms with E-state index in [0.717, 1.165) is 30.6 Å². The molecule has 1 aliphatic carbocycles. The van der Waals surface area contributed by atoms with Gasteiger partial charge in [0.05, 0.1) is 16.6 Å². The number of hydrogen-bond acceptors (Lipinski definition) is 6. The zero-order valence-corrected chi connectivity index (χ0v) is 18.5. The monoisotopic (exact) mass is 455 g/mol. The zero-order chi connectivity index (χ0) is 22.6. The van der Waals surface area contributed by atoms with Crippen LogP contribution in [0.15, 0.2) is 31.0 Å². The molecule has 5 rings (SSSR count). The Labute approximate surface area is 189 Å². The van der Waals surface area contributed by atoms with Crippen LogP contribution in [0.5, 0.6) is 0 Å². The number of nitrogens with one attached hydrogen (secondary N) is 1. The van der Waals surface area contributed by atoms with Gasteiger partial charge in [-0.1, -0.05) is 11.6 Å². The minimum Gasteiger partial charge on any atom is -0.398 e. The zero-order valence-electron chi connectivity index (χ0n) is 17.8. The van der Waals surface area contributed by atoms with E-state index in [1.165, 1.54) is 17.3 Å². The number of pyridine rings is 1. The fraction of sp³-hybridized carbons (Fsp3) is 0.364. The number of anilines is 2. The fourth-order valence-electron chi connectivity index (χ4n) is 4.99. The summed E-state index contributed by atoms with van der Waals surface area (Å²) in [7, 11) is 3.11. The molecule has 8 nitrogen and oxygen atoms in total. The van der Waals surface area contributed by atoms with E-state index in [-0.39, 0.29) is 28.3 Å². The Morgan fingerprint density at radius 3 is 2.91 bits per heavy atom. The molecular weight excluding hydrogens is 433 g/mol. The van der Waals surface area contributed by atoms with E-state index in [4.69, 9.17) is 17.3 Å². The van der Waals surface area contributed by atoms with Crippen LogP contribution in [0.3, 0.4) is 0 Å². The summed E-state index contributed by atoms with van der Waals surface area (Å²) in [6, 6.07) is 3.29. The number of hydrogen-bond donors (Lipinski definition) is 2. The van der Waals surface area contributed by atoms with Crippen LogP contribution in [0.2, 0.25) is 5.02 Å². The molecule has 10 heteroatoms. The van der Waals surface area contributed by atoms with Gasteiger partial charge in [0.1, 0.15) is 24.3 Å². The molecule has 0 radical (unpaired) electrons. The van der Waals surface area contributed by atoms with Crippen molar-refractivity contribution in [2.24, 2.45) is 0 Å². The van der Waals surface area contributed by atoms with Gasteiger partial charge in [0.25, 0.3) is 5.91 Å². The summed E-state index contributed by atoms with van der Waals surface area (Å²) in [6.07, 6.45) is 7.48. The molecule has 0 bridgehead atoms. The molecule has 0 unspecified atom stereocenters. The molecule has 1 saturated carbocycles. The maximum atomic E-state index is 15.5. The van der Waals surface area contributed by atoms with Gasteiger partial charge in [0.15, 0.2) is 0 Å².